The number of H-pyrrole nitrogens is 1. The average Bonchev–Trinajstić information content (AvgIpc) is 2.44. The van der Waals surface area contributed by atoms with E-state index in [4.69, 9.17) is 5.11 Å². The van der Waals surface area contributed by atoms with Gasteiger partial charge >= 0.3 is 17.8 Å². The fourth-order valence-electron chi connectivity index (χ4n) is 1.33. The van der Waals surface area contributed by atoms with E-state index in [0.29, 0.717) is 10.4 Å². The lowest BCUT2D eigenvalue weighted by atomic mass is 9.92. The number of aliphatic carboxylic acids is 1. The number of carbonyl (C=O) groups is 1. The van der Waals surface area contributed by atoms with E-state index in [1.807, 2.05) is 0 Å². The van der Waals surface area contributed by atoms with E-state index >= 15 is 0 Å². The first-order valence-corrected chi connectivity index (χ1v) is 4.94. The van der Waals surface area contributed by atoms with Crippen LogP contribution in [0.2, 0.25) is 0 Å². The average molecular weight is 251 g/mol. The zero-order valence-electron chi connectivity index (χ0n) is 9.72. The highest BCUT2D eigenvalue weighted by Crippen LogP contribution is 2.29. The van der Waals surface area contributed by atoms with Crippen LogP contribution in [0.3, 0.4) is 0 Å². The third-order valence-corrected chi connectivity index (χ3v) is 2.22. The summed E-state index contributed by atoms with van der Waals surface area (Å²) in [6, 6.07) is 0.947. The summed E-state index contributed by atoms with van der Waals surface area (Å²) in [6.07, 6.45) is -4.57. The van der Waals surface area contributed by atoms with Crippen molar-refractivity contribution in [3.8, 4) is 0 Å². The van der Waals surface area contributed by atoms with Gasteiger partial charge in [-0.25, -0.2) is 4.79 Å². The summed E-state index contributed by atoms with van der Waals surface area (Å²) < 4.78 is 38.6. The van der Waals surface area contributed by atoms with Gasteiger partial charge in [0.2, 0.25) is 0 Å². The molecule has 0 bridgehead atoms. The highest BCUT2D eigenvalue weighted by Gasteiger charge is 2.44. The standard InChI is InChI=1S/C10H13F3N2O2/c1-9(2,3)6-4-7(10(11,12)13)15(14-6)5-8(16)17/h4H,5H2,1-3H3,(H,16,17)/p+1. The van der Waals surface area contributed by atoms with Crippen LogP contribution in [0.1, 0.15) is 32.2 Å². The lowest BCUT2D eigenvalue weighted by Crippen LogP contribution is -2.46. The van der Waals surface area contributed by atoms with E-state index in [0.717, 1.165) is 6.07 Å². The summed E-state index contributed by atoms with van der Waals surface area (Å²) in [4.78, 5) is 10.5. The van der Waals surface area contributed by atoms with Crippen LogP contribution in [-0.2, 0) is 22.9 Å². The van der Waals surface area contributed by atoms with Crippen LogP contribution < -0.4 is 4.68 Å². The summed E-state index contributed by atoms with van der Waals surface area (Å²) in [5, 5.41) is 11.0. The molecule has 17 heavy (non-hydrogen) atoms. The van der Waals surface area contributed by atoms with Gasteiger partial charge in [-0.05, 0) is 0 Å². The van der Waals surface area contributed by atoms with Gasteiger partial charge in [0.25, 0.3) is 6.54 Å². The molecule has 0 amide bonds. The van der Waals surface area contributed by atoms with Crippen LogP contribution in [0.15, 0.2) is 6.07 Å². The number of hydrogen-bond donors (Lipinski definition) is 2. The number of nitrogens with zero attached hydrogens (tertiary/aromatic N) is 1. The molecule has 0 aliphatic rings. The molecule has 0 saturated carbocycles. The second kappa shape index (κ2) is 4.05. The lowest BCUT2D eigenvalue weighted by Gasteiger charge is -2.13. The molecule has 0 saturated heterocycles. The van der Waals surface area contributed by atoms with Gasteiger partial charge in [0.05, 0.1) is 5.69 Å². The van der Waals surface area contributed by atoms with Crippen molar-refractivity contribution in [3.63, 3.8) is 0 Å². The zero-order valence-corrected chi connectivity index (χ0v) is 9.72. The van der Waals surface area contributed by atoms with E-state index in [1.54, 1.807) is 20.8 Å². The number of carboxylic acid groups (broad SMARTS) is 1. The van der Waals surface area contributed by atoms with E-state index in [1.165, 1.54) is 0 Å². The molecule has 0 spiro atoms. The van der Waals surface area contributed by atoms with Gasteiger partial charge in [-0.1, -0.05) is 25.5 Å². The number of rotatable bonds is 2. The normalized spacial score (nSPS) is 12.8. The van der Waals surface area contributed by atoms with Crippen molar-refractivity contribution in [2.24, 2.45) is 0 Å². The molecular formula is C10H14F3N2O2+. The zero-order chi connectivity index (χ0) is 13.4. The van der Waals surface area contributed by atoms with Crippen molar-refractivity contribution < 1.29 is 27.8 Å². The van der Waals surface area contributed by atoms with Crippen molar-refractivity contribution in [3.05, 3.63) is 17.5 Å². The predicted octanol–water partition coefficient (Wildman–Crippen LogP) is 1.70. The minimum Gasteiger partial charge on any atom is -0.476 e. The predicted molar refractivity (Wildman–Crippen MR) is 52.3 cm³/mol. The van der Waals surface area contributed by atoms with Gasteiger partial charge in [-0.15, -0.1) is 0 Å². The maximum Gasteiger partial charge on any atom is 0.479 e. The van der Waals surface area contributed by atoms with Crippen LogP contribution in [-0.4, -0.2) is 16.2 Å². The summed E-state index contributed by atoms with van der Waals surface area (Å²) in [5.74, 6) is -1.33. The Morgan fingerprint density at radius 2 is 1.94 bits per heavy atom. The second-order valence-electron chi connectivity index (χ2n) is 4.78. The number of alkyl halides is 3. The van der Waals surface area contributed by atoms with Gasteiger partial charge in [-0.3, -0.25) is 0 Å². The van der Waals surface area contributed by atoms with Crippen LogP contribution in [0, 0.1) is 0 Å². The minimum absolute atomic E-state index is 0.339. The summed E-state index contributed by atoms with van der Waals surface area (Å²) >= 11 is 0. The molecule has 2 N–H and O–H groups in total. The highest BCUT2D eigenvalue weighted by atomic mass is 19.4. The maximum absolute atomic E-state index is 12.7. The summed E-state index contributed by atoms with van der Waals surface area (Å²) in [6.45, 7) is 4.48. The Kier molecular flexibility index (Phi) is 3.22. The molecule has 96 valence electrons. The molecule has 7 heteroatoms. The van der Waals surface area contributed by atoms with Crippen molar-refractivity contribution in [2.45, 2.75) is 38.9 Å². The smallest absolute Gasteiger partial charge is 0.476 e. The van der Waals surface area contributed by atoms with Crippen LogP contribution in [0.25, 0.3) is 0 Å². The second-order valence-corrected chi connectivity index (χ2v) is 4.78. The Hall–Kier alpha value is -1.53. The third kappa shape index (κ3) is 3.21. The number of aromatic nitrogens is 2. The number of halogens is 3. The van der Waals surface area contributed by atoms with Crippen molar-refractivity contribution in [2.75, 3.05) is 0 Å². The Labute approximate surface area is 96.0 Å². The first-order chi connectivity index (χ1) is 7.51. The number of nitrogens with one attached hydrogen (secondary N) is 1. The first kappa shape index (κ1) is 13.5. The minimum atomic E-state index is -4.57. The van der Waals surface area contributed by atoms with Crippen LogP contribution in [0.5, 0.6) is 0 Å². The summed E-state index contributed by atoms with van der Waals surface area (Å²) in [7, 11) is 0. The molecule has 1 aromatic rings. The molecule has 1 rings (SSSR count). The quantitative estimate of drug-likeness (QED) is 0.786. The van der Waals surface area contributed by atoms with Crippen molar-refractivity contribution >= 4 is 5.97 Å². The van der Waals surface area contributed by atoms with Gasteiger partial charge in [0.15, 0.2) is 0 Å². The number of aromatic amines is 1. The van der Waals surface area contributed by atoms with E-state index < -0.39 is 29.8 Å². The Morgan fingerprint density at radius 3 is 2.29 bits per heavy atom. The highest BCUT2D eigenvalue weighted by molar-refractivity contribution is 5.64. The van der Waals surface area contributed by atoms with E-state index in [2.05, 4.69) is 5.10 Å². The molecule has 0 aromatic carbocycles. The lowest BCUT2D eigenvalue weighted by molar-refractivity contribution is -0.755. The van der Waals surface area contributed by atoms with Crippen LogP contribution in [0.4, 0.5) is 13.2 Å². The van der Waals surface area contributed by atoms with Gasteiger partial charge in [0, 0.05) is 11.5 Å². The largest absolute Gasteiger partial charge is 0.479 e. The molecular weight excluding hydrogens is 237 g/mol. The number of carboxylic acids is 1. The van der Waals surface area contributed by atoms with Crippen LogP contribution >= 0.6 is 0 Å². The molecule has 4 nitrogen and oxygen atoms in total. The first-order valence-electron chi connectivity index (χ1n) is 4.94. The molecule has 1 aromatic heterocycles. The van der Waals surface area contributed by atoms with Gasteiger partial charge in [-0.2, -0.15) is 18.3 Å². The molecule has 0 fully saturated rings. The van der Waals surface area contributed by atoms with Gasteiger partial charge < -0.3 is 5.11 Å². The Balaban J connectivity index is 3.27. The fourth-order valence-corrected chi connectivity index (χ4v) is 1.33. The van der Waals surface area contributed by atoms with Crippen molar-refractivity contribution in [1.29, 1.82) is 0 Å². The maximum atomic E-state index is 12.7. The fraction of sp³-hybridized carbons (Fsp3) is 0.600. The van der Waals surface area contributed by atoms with E-state index in [-0.39, 0.29) is 0 Å². The topological polar surface area (TPSA) is 57.0 Å². The molecule has 0 aliphatic heterocycles. The Morgan fingerprint density at radius 1 is 1.41 bits per heavy atom. The molecule has 0 aliphatic carbocycles. The number of hydrogen-bond acceptors (Lipinski definition) is 1. The SMILES string of the molecule is CC(C)(C)c1cc(C(F)(F)F)[n+](CC(=O)O)[nH]1. The monoisotopic (exact) mass is 251 g/mol. The third-order valence-electron chi connectivity index (χ3n) is 2.22. The van der Waals surface area contributed by atoms with Crippen molar-refractivity contribution in [1.82, 2.24) is 5.10 Å². The van der Waals surface area contributed by atoms with Gasteiger partial charge in [0.1, 0.15) is 0 Å². The molecule has 0 atom stereocenters. The molecule has 0 radical (unpaired) electrons. The summed E-state index contributed by atoms with van der Waals surface area (Å²) in [5.41, 5.74) is -1.15. The Bertz CT molecular complexity index is 430. The molecule has 0 unspecified atom stereocenters. The van der Waals surface area contributed by atoms with E-state index in [9.17, 15) is 18.0 Å². The molecule has 1 heterocycles.